The maximum atomic E-state index is 12.5. The van der Waals surface area contributed by atoms with E-state index in [4.69, 9.17) is 20.2 Å². The van der Waals surface area contributed by atoms with Gasteiger partial charge in [0.15, 0.2) is 0 Å². The number of ether oxygens (including phenoxy) is 1. The Balaban J connectivity index is 0.00000364. The maximum absolute atomic E-state index is 12.5. The van der Waals surface area contributed by atoms with Crippen LogP contribution in [0.25, 0.3) is 0 Å². The van der Waals surface area contributed by atoms with Gasteiger partial charge >= 0.3 is 5.97 Å². The summed E-state index contributed by atoms with van der Waals surface area (Å²) in [5, 5.41) is 0. The molecule has 1 atom stereocenters. The molecule has 0 fully saturated rings. The van der Waals surface area contributed by atoms with Crippen LogP contribution >= 0.6 is 12.4 Å². The van der Waals surface area contributed by atoms with E-state index in [-0.39, 0.29) is 18.4 Å². The van der Waals surface area contributed by atoms with Gasteiger partial charge < -0.3 is 10.5 Å². The molecule has 6 heteroatoms. The fourth-order valence-electron chi connectivity index (χ4n) is 2.24. The molecule has 0 spiro atoms. The molecule has 2 aromatic carbocycles. The van der Waals surface area contributed by atoms with Crippen LogP contribution in [0.4, 0.5) is 0 Å². The van der Waals surface area contributed by atoms with Crippen LogP contribution in [0.1, 0.15) is 61.6 Å². The lowest BCUT2D eigenvalue weighted by Gasteiger charge is -2.18. The Bertz CT molecular complexity index is 729. The molecule has 5 nitrogen and oxygen atoms in total. The second-order valence-electron chi connectivity index (χ2n) is 7.11. The molecule has 0 aliphatic carbocycles. The lowest BCUT2D eigenvalue weighted by molar-refractivity contribution is -0.301. The molecule has 0 heterocycles. The molecule has 0 aliphatic rings. The third-order valence-corrected chi connectivity index (χ3v) is 3.70. The Hall–Kier alpha value is -2.08. The van der Waals surface area contributed by atoms with E-state index in [2.05, 4.69) is 0 Å². The van der Waals surface area contributed by atoms with Crippen LogP contribution in [-0.2, 0) is 16.4 Å². The van der Waals surface area contributed by atoms with Gasteiger partial charge in [-0.15, -0.1) is 12.4 Å². The molecule has 0 radical (unpaired) electrons. The summed E-state index contributed by atoms with van der Waals surface area (Å²) >= 11 is 0. The van der Waals surface area contributed by atoms with E-state index in [0.717, 1.165) is 17.5 Å². The average Bonchev–Trinajstić information content (AvgIpc) is 2.64. The highest BCUT2D eigenvalue weighted by molar-refractivity contribution is 5.92. The number of hydrogen-bond donors (Lipinski definition) is 1. The number of carbonyl (C=O) groups is 1. The molecule has 0 aliphatic heterocycles. The minimum atomic E-state index is -0.604. The lowest BCUT2D eigenvalue weighted by Crippen LogP contribution is -2.22. The lowest BCUT2D eigenvalue weighted by atomic mass is 10.0. The van der Waals surface area contributed by atoms with E-state index in [1.54, 1.807) is 32.9 Å². The minimum absolute atomic E-state index is 0. The van der Waals surface area contributed by atoms with Gasteiger partial charge in [-0.2, -0.15) is 4.89 Å². The fourth-order valence-corrected chi connectivity index (χ4v) is 2.24. The van der Waals surface area contributed by atoms with Crippen LogP contribution in [0.3, 0.4) is 0 Å². The van der Waals surface area contributed by atoms with Crippen LogP contribution in [0.15, 0.2) is 48.5 Å². The van der Waals surface area contributed by atoms with Gasteiger partial charge in [0.1, 0.15) is 23.5 Å². The predicted molar refractivity (Wildman–Crippen MR) is 108 cm³/mol. The van der Waals surface area contributed by atoms with E-state index in [1.165, 1.54) is 0 Å². The molecule has 0 bridgehead atoms. The summed E-state index contributed by atoms with van der Waals surface area (Å²) in [6.45, 7) is 7.75. The first-order valence-electron chi connectivity index (χ1n) is 8.76. The molecule has 0 saturated heterocycles. The van der Waals surface area contributed by atoms with Crippen LogP contribution in [0, 0.1) is 0 Å². The van der Waals surface area contributed by atoms with Gasteiger partial charge in [-0.05, 0) is 50.5 Å². The smallest absolute Gasteiger partial charge is 0.376 e. The maximum Gasteiger partial charge on any atom is 0.376 e. The number of benzene rings is 2. The zero-order valence-corrected chi connectivity index (χ0v) is 17.0. The first kappa shape index (κ1) is 23.0. The van der Waals surface area contributed by atoms with Crippen LogP contribution < -0.4 is 10.5 Å². The first-order valence-corrected chi connectivity index (χ1v) is 8.76. The number of rotatable bonds is 7. The van der Waals surface area contributed by atoms with Gasteiger partial charge in [0.25, 0.3) is 0 Å². The van der Waals surface area contributed by atoms with Crippen molar-refractivity contribution in [1.82, 2.24) is 0 Å². The normalized spacial score (nSPS) is 12.0. The Labute approximate surface area is 167 Å². The molecule has 2 N–H and O–H groups in total. The quantitative estimate of drug-likeness (QED) is 0.530. The zero-order valence-electron chi connectivity index (χ0n) is 16.2. The van der Waals surface area contributed by atoms with Crippen molar-refractivity contribution >= 4 is 18.4 Å². The molecule has 1 unspecified atom stereocenters. The summed E-state index contributed by atoms with van der Waals surface area (Å²) in [6.07, 6.45) is 0.761. The number of carbonyl (C=O) groups excluding carboxylic acids is 1. The highest BCUT2D eigenvalue weighted by Crippen LogP contribution is 2.26. The molecule has 2 rings (SSSR count). The summed E-state index contributed by atoms with van der Waals surface area (Å²) in [5.41, 5.74) is 7.65. The third-order valence-electron chi connectivity index (χ3n) is 3.70. The monoisotopic (exact) mass is 393 g/mol. The van der Waals surface area contributed by atoms with E-state index >= 15 is 0 Å². The average molecular weight is 394 g/mol. The Kier molecular flexibility index (Phi) is 8.76. The van der Waals surface area contributed by atoms with Crippen molar-refractivity contribution < 1.29 is 19.3 Å². The van der Waals surface area contributed by atoms with Gasteiger partial charge in [-0.25, -0.2) is 4.79 Å². The molecular weight excluding hydrogens is 366 g/mol. The van der Waals surface area contributed by atoms with Crippen molar-refractivity contribution in [3.8, 4) is 5.75 Å². The number of halogens is 1. The fraction of sp³-hybridized carbons (Fsp3) is 0.381. The molecule has 0 aromatic heterocycles. The Morgan fingerprint density at radius 1 is 1.11 bits per heavy atom. The van der Waals surface area contributed by atoms with Crippen molar-refractivity contribution in [2.24, 2.45) is 5.73 Å². The van der Waals surface area contributed by atoms with Gasteiger partial charge in [0.2, 0.25) is 0 Å². The molecular formula is C21H28ClNO4. The van der Waals surface area contributed by atoms with E-state index in [9.17, 15) is 4.79 Å². The van der Waals surface area contributed by atoms with Crippen LogP contribution in [0.5, 0.6) is 5.75 Å². The van der Waals surface area contributed by atoms with Crippen molar-refractivity contribution in [3.05, 3.63) is 65.2 Å². The Morgan fingerprint density at radius 2 is 1.78 bits per heavy atom. The summed E-state index contributed by atoms with van der Waals surface area (Å²) in [7, 11) is 0. The van der Waals surface area contributed by atoms with Crippen molar-refractivity contribution in [3.63, 3.8) is 0 Å². The van der Waals surface area contributed by atoms with Gasteiger partial charge in [0.05, 0.1) is 0 Å². The van der Waals surface area contributed by atoms with E-state index < -0.39 is 11.6 Å². The highest BCUT2D eigenvalue weighted by atomic mass is 35.5. The summed E-state index contributed by atoms with van der Waals surface area (Å²) in [4.78, 5) is 22.7. The first-order chi connectivity index (χ1) is 12.3. The largest absolute Gasteiger partial charge is 0.488 e. The second kappa shape index (κ2) is 10.3. The summed E-state index contributed by atoms with van der Waals surface area (Å²) in [6, 6.07) is 14.9. The van der Waals surface area contributed by atoms with Gasteiger partial charge in [-0.3, -0.25) is 4.89 Å². The minimum Gasteiger partial charge on any atom is -0.488 e. The van der Waals surface area contributed by atoms with Gasteiger partial charge in [0, 0.05) is 6.04 Å². The predicted octanol–water partition coefficient (Wildman–Crippen LogP) is 4.98. The topological polar surface area (TPSA) is 70.8 Å². The molecule has 148 valence electrons. The standard InChI is InChI=1S/C21H27NO4.ClH/c1-5-18(22)16-11-12-19(24-14-15-9-7-6-8-10-15)17(13-16)20(23)25-26-21(2,3)4;/h6-13,18H,5,14,22H2,1-4H3;1H. The summed E-state index contributed by atoms with van der Waals surface area (Å²) in [5.74, 6) is -0.170. The van der Waals surface area contributed by atoms with Crippen molar-refractivity contribution in [1.29, 1.82) is 0 Å². The third kappa shape index (κ3) is 7.21. The van der Waals surface area contributed by atoms with E-state index in [1.807, 2.05) is 43.3 Å². The molecule has 27 heavy (non-hydrogen) atoms. The zero-order chi connectivity index (χ0) is 19.2. The molecule has 0 amide bonds. The van der Waals surface area contributed by atoms with Crippen molar-refractivity contribution in [2.45, 2.75) is 52.4 Å². The summed E-state index contributed by atoms with van der Waals surface area (Å²) < 4.78 is 5.85. The number of nitrogens with two attached hydrogens (primary N) is 1. The molecule has 0 saturated carbocycles. The van der Waals surface area contributed by atoms with Crippen LogP contribution in [-0.4, -0.2) is 11.6 Å². The Morgan fingerprint density at radius 3 is 2.37 bits per heavy atom. The van der Waals surface area contributed by atoms with E-state index in [0.29, 0.717) is 17.9 Å². The van der Waals surface area contributed by atoms with Gasteiger partial charge in [-0.1, -0.05) is 43.3 Å². The second-order valence-corrected chi connectivity index (χ2v) is 7.11. The van der Waals surface area contributed by atoms with Crippen LogP contribution in [0.2, 0.25) is 0 Å². The van der Waals surface area contributed by atoms with Crippen molar-refractivity contribution in [2.75, 3.05) is 0 Å². The molecule has 2 aromatic rings. The number of hydrogen-bond acceptors (Lipinski definition) is 5. The highest BCUT2D eigenvalue weighted by Gasteiger charge is 2.21. The SMILES string of the molecule is CCC(N)c1ccc(OCc2ccccc2)c(C(=O)OOC(C)(C)C)c1.Cl.